The summed E-state index contributed by atoms with van der Waals surface area (Å²) in [4.78, 5) is 40.4. The smallest absolute Gasteiger partial charge is 0.224 e. The number of ether oxygens (including phenoxy) is 2. The Hall–Kier alpha value is -1.47. The summed E-state index contributed by atoms with van der Waals surface area (Å²) in [5, 5.41) is 0. The average Bonchev–Trinajstić information content (AvgIpc) is 2.97. The fraction of sp³-hybridized carbons (Fsp3) is 0.912. The number of piperidine rings is 2. The third-order valence-corrected chi connectivity index (χ3v) is 9.28. The number of Topliss-reactive ketones (excluding diaryl/α,β-unsaturated/α-hetero) is 1. The van der Waals surface area contributed by atoms with E-state index >= 15 is 0 Å². The van der Waals surface area contributed by atoms with Crippen molar-refractivity contribution >= 4 is 17.6 Å². The molecule has 7 heteroatoms. The zero-order valence-corrected chi connectivity index (χ0v) is 26.7. The molecule has 0 saturated carbocycles. The van der Waals surface area contributed by atoms with Gasteiger partial charge in [-0.25, -0.2) is 0 Å². The van der Waals surface area contributed by atoms with E-state index in [-0.39, 0.29) is 11.7 Å². The predicted molar refractivity (Wildman–Crippen MR) is 166 cm³/mol. The molecule has 2 fully saturated rings. The Kier molecular flexibility index (Phi) is 19.3. The highest BCUT2D eigenvalue weighted by molar-refractivity contribution is 5.77. The van der Waals surface area contributed by atoms with Gasteiger partial charge in [-0.05, 0) is 44.4 Å². The number of unbranched alkanes of at least 4 members (excludes halogenated alkanes) is 12. The van der Waals surface area contributed by atoms with Gasteiger partial charge in [-0.3, -0.25) is 14.4 Å². The van der Waals surface area contributed by atoms with Crippen LogP contribution in [-0.4, -0.2) is 80.0 Å². The molecule has 2 aliphatic heterocycles. The van der Waals surface area contributed by atoms with Crippen LogP contribution in [0.5, 0.6) is 0 Å². The molecule has 0 aliphatic carbocycles. The second-order valence-electron chi connectivity index (χ2n) is 12.7. The zero-order chi connectivity index (χ0) is 29.6. The Morgan fingerprint density at radius 1 is 0.537 bits per heavy atom. The van der Waals surface area contributed by atoms with Crippen molar-refractivity contribution in [2.45, 2.75) is 142 Å². The summed E-state index contributed by atoms with van der Waals surface area (Å²) in [5.74, 6) is 0.640. The van der Waals surface area contributed by atoms with Crippen molar-refractivity contribution in [1.82, 2.24) is 9.80 Å². The van der Waals surface area contributed by atoms with Crippen molar-refractivity contribution in [3.8, 4) is 0 Å². The van der Waals surface area contributed by atoms with Gasteiger partial charge in [-0.15, -0.1) is 0 Å². The van der Waals surface area contributed by atoms with Gasteiger partial charge in [0.1, 0.15) is 5.78 Å². The van der Waals surface area contributed by atoms with Crippen LogP contribution in [0.15, 0.2) is 0 Å². The van der Waals surface area contributed by atoms with Crippen LogP contribution in [0.4, 0.5) is 0 Å². The number of hydrogen-bond donors (Lipinski definition) is 0. The Labute approximate surface area is 251 Å². The van der Waals surface area contributed by atoms with E-state index in [0.29, 0.717) is 57.0 Å². The number of carbonyl (C=O) groups excluding carboxylic acids is 3. The average molecular weight is 579 g/mol. The van der Waals surface area contributed by atoms with Crippen molar-refractivity contribution in [3.05, 3.63) is 0 Å². The Balaban J connectivity index is 1.44. The monoisotopic (exact) mass is 578 g/mol. The molecule has 0 unspecified atom stereocenters. The van der Waals surface area contributed by atoms with E-state index in [1.807, 2.05) is 4.90 Å². The molecule has 41 heavy (non-hydrogen) atoms. The second-order valence-corrected chi connectivity index (χ2v) is 12.7. The third kappa shape index (κ3) is 16.1. The Morgan fingerprint density at radius 3 is 1.37 bits per heavy atom. The van der Waals surface area contributed by atoms with Crippen LogP contribution < -0.4 is 0 Å². The fourth-order valence-corrected chi connectivity index (χ4v) is 6.27. The van der Waals surface area contributed by atoms with Gasteiger partial charge >= 0.3 is 0 Å². The van der Waals surface area contributed by atoms with Gasteiger partial charge in [-0.2, -0.15) is 0 Å². The van der Waals surface area contributed by atoms with E-state index in [9.17, 15) is 14.4 Å². The SMILES string of the molecule is CCCCCCCCCCCCCCCC(=O)N1CCC2(CC1)CCN(C(=O)CCOCCOCCC(C)=O)CC2. The van der Waals surface area contributed by atoms with Crippen LogP contribution in [0.3, 0.4) is 0 Å². The number of nitrogens with zero attached hydrogens (tertiary/aromatic N) is 2. The van der Waals surface area contributed by atoms with E-state index in [1.165, 1.54) is 77.0 Å². The summed E-state index contributed by atoms with van der Waals surface area (Å²) < 4.78 is 10.9. The van der Waals surface area contributed by atoms with Gasteiger partial charge in [0.05, 0.1) is 32.8 Å². The summed E-state index contributed by atoms with van der Waals surface area (Å²) in [5.41, 5.74) is 0.302. The maximum atomic E-state index is 12.8. The van der Waals surface area contributed by atoms with E-state index in [4.69, 9.17) is 9.47 Å². The Bertz CT molecular complexity index is 710. The van der Waals surface area contributed by atoms with Crippen molar-refractivity contribution < 1.29 is 23.9 Å². The quantitative estimate of drug-likeness (QED) is 0.121. The highest BCUT2D eigenvalue weighted by Gasteiger charge is 2.39. The lowest BCUT2D eigenvalue weighted by atomic mass is 9.71. The summed E-state index contributed by atoms with van der Waals surface area (Å²) >= 11 is 0. The van der Waals surface area contributed by atoms with E-state index in [2.05, 4.69) is 11.8 Å². The van der Waals surface area contributed by atoms with Crippen molar-refractivity contribution in [2.75, 3.05) is 52.6 Å². The Morgan fingerprint density at radius 2 is 0.927 bits per heavy atom. The van der Waals surface area contributed by atoms with Crippen molar-refractivity contribution in [2.24, 2.45) is 5.41 Å². The summed E-state index contributed by atoms with van der Waals surface area (Å²) in [6.07, 6.45) is 23.1. The van der Waals surface area contributed by atoms with Crippen LogP contribution in [0.1, 0.15) is 142 Å². The highest BCUT2D eigenvalue weighted by Crippen LogP contribution is 2.41. The molecule has 2 heterocycles. The van der Waals surface area contributed by atoms with Crippen LogP contribution in [0.25, 0.3) is 0 Å². The standard InChI is InChI=1S/C34H62N2O5/c1-3-4-5-6-7-8-9-10-11-12-13-14-15-16-32(38)35-23-19-34(20-24-35)21-25-36(26-22-34)33(39)18-28-41-30-29-40-27-17-31(2)37/h3-30H2,1-2H3. The first-order valence-corrected chi connectivity index (χ1v) is 17.2. The highest BCUT2D eigenvalue weighted by atomic mass is 16.5. The minimum absolute atomic E-state index is 0.124. The van der Waals surface area contributed by atoms with Gasteiger partial charge in [0, 0.05) is 39.0 Å². The lowest BCUT2D eigenvalue weighted by Gasteiger charge is -2.47. The molecule has 0 aromatic rings. The molecule has 2 amide bonds. The normalized spacial score (nSPS) is 16.8. The molecule has 2 rings (SSSR count). The summed E-state index contributed by atoms with van der Waals surface area (Å²) in [6.45, 7) is 8.97. The molecule has 0 bridgehead atoms. The lowest BCUT2D eigenvalue weighted by molar-refractivity contribution is -0.137. The third-order valence-electron chi connectivity index (χ3n) is 9.28. The lowest BCUT2D eigenvalue weighted by Crippen LogP contribution is -2.49. The number of hydrogen-bond acceptors (Lipinski definition) is 5. The second kappa shape index (κ2) is 22.1. The molecule has 0 radical (unpaired) electrons. The first-order valence-electron chi connectivity index (χ1n) is 17.2. The van der Waals surface area contributed by atoms with Gasteiger partial charge in [0.2, 0.25) is 11.8 Å². The minimum atomic E-state index is 0.124. The number of rotatable bonds is 23. The molecule has 0 atom stereocenters. The van der Waals surface area contributed by atoms with Crippen molar-refractivity contribution in [3.63, 3.8) is 0 Å². The molecule has 0 aromatic carbocycles. The van der Waals surface area contributed by atoms with Crippen LogP contribution >= 0.6 is 0 Å². The molecule has 2 aliphatic rings. The molecule has 2 saturated heterocycles. The summed E-state index contributed by atoms with van der Waals surface area (Å²) in [7, 11) is 0. The molecule has 1 spiro atoms. The van der Waals surface area contributed by atoms with Gasteiger partial charge < -0.3 is 19.3 Å². The number of ketones is 1. The molecular weight excluding hydrogens is 516 g/mol. The van der Waals surface area contributed by atoms with Crippen LogP contribution in [-0.2, 0) is 23.9 Å². The van der Waals surface area contributed by atoms with Crippen molar-refractivity contribution in [1.29, 1.82) is 0 Å². The zero-order valence-electron chi connectivity index (χ0n) is 26.7. The van der Waals surface area contributed by atoms with Gasteiger partial charge in [0.15, 0.2) is 0 Å². The van der Waals surface area contributed by atoms with Gasteiger partial charge in [0.25, 0.3) is 0 Å². The molecular formula is C34H62N2O5. The first kappa shape index (κ1) is 35.7. The number of likely N-dealkylation sites (tertiary alicyclic amines) is 2. The largest absolute Gasteiger partial charge is 0.379 e. The molecule has 7 nitrogen and oxygen atoms in total. The molecule has 238 valence electrons. The van der Waals surface area contributed by atoms with Crippen LogP contribution in [0.2, 0.25) is 0 Å². The molecule has 0 aromatic heterocycles. The fourth-order valence-electron chi connectivity index (χ4n) is 6.27. The van der Waals surface area contributed by atoms with E-state index in [0.717, 1.165) is 58.3 Å². The number of amides is 2. The van der Waals surface area contributed by atoms with E-state index in [1.54, 1.807) is 6.92 Å². The topological polar surface area (TPSA) is 76.2 Å². The minimum Gasteiger partial charge on any atom is -0.379 e. The van der Waals surface area contributed by atoms with Crippen LogP contribution in [0, 0.1) is 5.41 Å². The van der Waals surface area contributed by atoms with Gasteiger partial charge in [-0.1, -0.05) is 84.0 Å². The first-order chi connectivity index (χ1) is 20.0. The predicted octanol–water partition coefficient (Wildman–Crippen LogP) is 7.10. The summed E-state index contributed by atoms with van der Waals surface area (Å²) in [6, 6.07) is 0. The molecule has 0 N–H and O–H groups in total. The number of carbonyl (C=O) groups is 3. The van der Waals surface area contributed by atoms with E-state index < -0.39 is 0 Å². The maximum Gasteiger partial charge on any atom is 0.224 e. The maximum absolute atomic E-state index is 12.8.